The molecule has 106 valence electrons. The number of carbonyl (C=O) groups is 1. The number of halogens is 2. The summed E-state index contributed by atoms with van der Waals surface area (Å²) in [5, 5.41) is 0.886. The van der Waals surface area contributed by atoms with Crippen molar-refractivity contribution in [3.8, 4) is 0 Å². The molecule has 3 rings (SSSR count). The molecule has 0 unspecified atom stereocenters. The van der Waals surface area contributed by atoms with Crippen molar-refractivity contribution in [2.75, 3.05) is 0 Å². The van der Waals surface area contributed by atoms with E-state index in [1.165, 1.54) is 0 Å². The zero-order valence-corrected chi connectivity index (χ0v) is 10.8. The first-order valence-corrected chi connectivity index (χ1v) is 6.23. The highest BCUT2D eigenvalue weighted by Crippen LogP contribution is 2.20. The number of carbonyl (C=O) groups excluding carboxylic acids is 1. The van der Waals surface area contributed by atoms with E-state index in [0.717, 1.165) is 17.5 Å². The summed E-state index contributed by atoms with van der Waals surface area (Å²) in [4.78, 5) is 11.7. The molecule has 5 heteroatoms. The maximum Gasteiger partial charge on any atom is 0.341 e. The number of ether oxygens (including phenoxy) is 1. The monoisotopic (exact) mass is 288 g/mol. The Hall–Kier alpha value is -2.69. The van der Waals surface area contributed by atoms with Crippen LogP contribution >= 0.6 is 0 Å². The normalized spacial score (nSPS) is 10.8. The van der Waals surface area contributed by atoms with Gasteiger partial charge in [0.05, 0.1) is 5.56 Å². The van der Waals surface area contributed by atoms with Gasteiger partial charge in [-0.1, -0.05) is 18.2 Å². The average molecular weight is 288 g/mol. The van der Waals surface area contributed by atoms with Gasteiger partial charge < -0.3 is 9.15 Å². The first-order valence-electron chi connectivity index (χ1n) is 6.23. The van der Waals surface area contributed by atoms with E-state index in [0.29, 0.717) is 17.4 Å². The van der Waals surface area contributed by atoms with Gasteiger partial charge in [-0.15, -0.1) is 0 Å². The zero-order chi connectivity index (χ0) is 14.8. The summed E-state index contributed by atoms with van der Waals surface area (Å²) in [6, 6.07) is 11.8. The number of esters is 1. The van der Waals surface area contributed by atoms with Gasteiger partial charge in [0.2, 0.25) is 0 Å². The zero-order valence-electron chi connectivity index (χ0n) is 10.8. The Bertz CT molecular complexity index is 775. The van der Waals surface area contributed by atoms with Gasteiger partial charge >= 0.3 is 5.97 Å². The van der Waals surface area contributed by atoms with Crippen molar-refractivity contribution in [1.29, 1.82) is 0 Å². The van der Waals surface area contributed by atoms with Crippen molar-refractivity contribution < 1.29 is 22.7 Å². The number of hydrogen-bond donors (Lipinski definition) is 0. The molecular weight excluding hydrogens is 278 g/mol. The molecule has 0 fully saturated rings. The lowest BCUT2D eigenvalue weighted by molar-refractivity contribution is 0.0442. The molecule has 0 saturated carbocycles. The quantitative estimate of drug-likeness (QED) is 0.682. The number of benzene rings is 2. The van der Waals surface area contributed by atoms with Crippen LogP contribution in [0.5, 0.6) is 0 Å². The van der Waals surface area contributed by atoms with Crippen molar-refractivity contribution in [2.24, 2.45) is 0 Å². The van der Waals surface area contributed by atoms with Crippen molar-refractivity contribution in [2.45, 2.75) is 6.61 Å². The lowest BCUT2D eigenvalue weighted by Crippen LogP contribution is -2.07. The SMILES string of the molecule is O=C(OCc1cc2ccccc2o1)c1ccc(F)cc1F. The van der Waals surface area contributed by atoms with E-state index in [1.807, 2.05) is 18.2 Å². The fraction of sp³-hybridized carbons (Fsp3) is 0.0625. The van der Waals surface area contributed by atoms with Gasteiger partial charge in [-0.2, -0.15) is 0 Å². The van der Waals surface area contributed by atoms with Crippen molar-refractivity contribution in [3.05, 3.63) is 71.5 Å². The summed E-state index contributed by atoms with van der Waals surface area (Å²) < 4.78 is 36.6. The molecule has 2 aromatic carbocycles. The average Bonchev–Trinajstić information content (AvgIpc) is 2.87. The minimum Gasteiger partial charge on any atom is -0.457 e. The molecule has 1 aromatic heterocycles. The Kier molecular flexibility index (Phi) is 3.39. The second-order valence-electron chi connectivity index (χ2n) is 4.45. The summed E-state index contributed by atoms with van der Waals surface area (Å²) >= 11 is 0. The third kappa shape index (κ3) is 2.76. The Morgan fingerprint density at radius 1 is 1.10 bits per heavy atom. The fourth-order valence-corrected chi connectivity index (χ4v) is 1.98. The van der Waals surface area contributed by atoms with Crippen LogP contribution < -0.4 is 0 Å². The summed E-state index contributed by atoms with van der Waals surface area (Å²) in [6.07, 6.45) is 0. The summed E-state index contributed by atoms with van der Waals surface area (Å²) in [5.41, 5.74) is 0.365. The minimum atomic E-state index is -0.954. The van der Waals surface area contributed by atoms with Crippen LogP contribution in [0.4, 0.5) is 8.78 Å². The van der Waals surface area contributed by atoms with E-state index < -0.39 is 17.6 Å². The Morgan fingerprint density at radius 2 is 1.90 bits per heavy atom. The molecule has 0 amide bonds. The topological polar surface area (TPSA) is 39.4 Å². The molecule has 1 heterocycles. The highest BCUT2D eigenvalue weighted by atomic mass is 19.1. The van der Waals surface area contributed by atoms with Gasteiger partial charge in [0.25, 0.3) is 0 Å². The Labute approximate surface area is 118 Å². The first-order chi connectivity index (χ1) is 10.1. The van der Waals surface area contributed by atoms with Crippen LogP contribution in [0.3, 0.4) is 0 Å². The Balaban J connectivity index is 1.73. The number of para-hydroxylation sites is 1. The van der Waals surface area contributed by atoms with Crippen LogP contribution in [0.2, 0.25) is 0 Å². The molecular formula is C16H10F2O3. The van der Waals surface area contributed by atoms with Gasteiger partial charge in [-0.05, 0) is 24.3 Å². The van der Waals surface area contributed by atoms with E-state index in [9.17, 15) is 13.6 Å². The summed E-state index contributed by atoms with van der Waals surface area (Å²) in [7, 11) is 0. The molecule has 3 nitrogen and oxygen atoms in total. The van der Waals surface area contributed by atoms with Crippen LogP contribution in [0.15, 0.2) is 52.9 Å². The molecule has 21 heavy (non-hydrogen) atoms. The first kappa shape index (κ1) is 13.3. The minimum absolute atomic E-state index is 0.121. The van der Waals surface area contributed by atoms with Gasteiger partial charge in [-0.25, -0.2) is 13.6 Å². The fourth-order valence-electron chi connectivity index (χ4n) is 1.98. The van der Waals surface area contributed by atoms with Crippen molar-refractivity contribution in [1.82, 2.24) is 0 Å². The molecule has 0 radical (unpaired) electrons. The summed E-state index contributed by atoms with van der Waals surface area (Å²) in [5.74, 6) is -2.12. The third-order valence-corrected chi connectivity index (χ3v) is 2.97. The van der Waals surface area contributed by atoms with Crippen LogP contribution in [-0.4, -0.2) is 5.97 Å². The number of rotatable bonds is 3. The third-order valence-electron chi connectivity index (χ3n) is 2.97. The van der Waals surface area contributed by atoms with Crippen LogP contribution in [0, 0.1) is 11.6 Å². The number of hydrogen-bond acceptors (Lipinski definition) is 3. The van der Waals surface area contributed by atoms with Gasteiger partial charge in [0.15, 0.2) is 0 Å². The largest absolute Gasteiger partial charge is 0.457 e. The molecule has 0 aliphatic rings. The molecule has 0 aliphatic heterocycles. The van der Waals surface area contributed by atoms with Crippen molar-refractivity contribution >= 4 is 16.9 Å². The molecule has 0 saturated heterocycles. The van der Waals surface area contributed by atoms with Crippen LogP contribution in [0.1, 0.15) is 16.1 Å². The number of furan rings is 1. The molecule has 0 atom stereocenters. The number of fused-ring (bicyclic) bond motifs is 1. The summed E-state index contributed by atoms with van der Waals surface area (Å²) in [6.45, 7) is -0.121. The maximum absolute atomic E-state index is 13.4. The smallest absolute Gasteiger partial charge is 0.341 e. The van der Waals surface area contributed by atoms with E-state index in [4.69, 9.17) is 9.15 Å². The van der Waals surface area contributed by atoms with E-state index in [-0.39, 0.29) is 12.2 Å². The van der Waals surface area contributed by atoms with Gasteiger partial charge in [0.1, 0.15) is 29.6 Å². The van der Waals surface area contributed by atoms with E-state index >= 15 is 0 Å². The van der Waals surface area contributed by atoms with E-state index in [2.05, 4.69) is 0 Å². The standard InChI is InChI=1S/C16H10F2O3/c17-11-5-6-13(14(18)8-11)16(19)20-9-12-7-10-3-1-2-4-15(10)21-12/h1-8H,9H2. The highest BCUT2D eigenvalue weighted by molar-refractivity contribution is 5.89. The second-order valence-corrected chi connectivity index (χ2v) is 4.45. The van der Waals surface area contributed by atoms with Gasteiger partial charge in [0, 0.05) is 11.5 Å². The predicted molar refractivity (Wildman–Crippen MR) is 71.7 cm³/mol. The molecule has 0 spiro atoms. The van der Waals surface area contributed by atoms with Gasteiger partial charge in [-0.3, -0.25) is 0 Å². The highest BCUT2D eigenvalue weighted by Gasteiger charge is 2.15. The Morgan fingerprint density at radius 3 is 2.67 bits per heavy atom. The maximum atomic E-state index is 13.4. The molecule has 0 bridgehead atoms. The molecule has 0 aliphatic carbocycles. The molecule has 0 N–H and O–H groups in total. The molecule has 3 aromatic rings. The van der Waals surface area contributed by atoms with Crippen LogP contribution in [-0.2, 0) is 11.3 Å². The second kappa shape index (κ2) is 5.36. The van der Waals surface area contributed by atoms with Crippen molar-refractivity contribution in [3.63, 3.8) is 0 Å². The van der Waals surface area contributed by atoms with Crippen LogP contribution in [0.25, 0.3) is 11.0 Å². The predicted octanol–water partition coefficient (Wildman–Crippen LogP) is 4.07. The lowest BCUT2D eigenvalue weighted by Gasteiger charge is -2.03. The van der Waals surface area contributed by atoms with E-state index in [1.54, 1.807) is 12.1 Å². The lowest BCUT2D eigenvalue weighted by atomic mass is 10.2.